The number of halogens is 3. The second kappa shape index (κ2) is 9.20. The predicted molar refractivity (Wildman–Crippen MR) is 93.6 cm³/mol. The summed E-state index contributed by atoms with van der Waals surface area (Å²) in [5, 5.41) is 0. The Hall–Kier alpha value is -3.10. The lowest BCUT2D eigenvalue weighted by Crippen LogP contribution is -2.36. The zero-order chi connectivity index (χ0) is 20.7. The number of carbonyl (C=O) groups is 2. The van der Waals surface area contributed by atoms with E-state index < -0.39 is 23.6 Å². The molecule has 0 atom stereocenters. The van der Waals surface area contributed by atoms with Gasteiger partial charge >= 0.3 is 12.1 Å². The zero-order valence-electron chi connectivity index (χ0n) is 15.3. The molecular weight excluding hydrogens is 377 g/mol. The third kappa shape index (κ3) is 5.45. The van der Waals surface area contributed by atoms with Crippen molar-refractivity contribution >= 4 is 11.9 Å². The molecule has 0 aliphatic rings. The number of ether oxygens (including phenoxy) is 2. The molecule has 9 heteroatoms. The molecule has 0 saturated heterocycles. The standard InChI is InChI=1S/C19H19F3N2O4/c1-3-28-16(25)12-24(18(26)15-5-4-10-23-17(15)27-2)11-13-6-8-14(9-7-13)19(20,21)22/h4-10H,3,11-12H2,1-2H3. The molecule has 0 spiro atoms. The van der Waals surface area contributed by atoms with E-state index in [-0.39, 0.29) is 31.1 Å². The monoisotopic (exact) mass is 396 g/mol. The third-order valence-corrected chi connectivity index (χ3v) is 3.76. The number of esters is 1. The molecule has 2 rings (SSSR count). The van der Waals surface area contributed by atoms with Gasteiger partial charge < -0.3 is 14.4 Å². The lowest BCUT2D eigenvalue weighted by atomic mass is 10.1. The summed E-state index contributed by atoms with van der Waals surface area (Å²) in [4.78, 5) is 29.9. The molecule has 28 heavy (non-hydrogen) atoms. The molecule has 1 aromatic carbocycles. The minimum Gasteiger partial charge on any atom is -0.480 e. The van der Waals surface area contributed by atoms with Crippen LogP contribution in [0.2, 0.25) is 0 Å². The summed E-state index contributed by atoms with van der Waals surface area (Å²) in [7, 11) is 1.35. The molecule has 0 aliphatic carbocycles. The van der Waals surface area contributed by atoms with Crippen molar-refractivity contribution in [2.45, 2.75) is 19.6 Å². The number of hydrogen-bond acceptors (Lipinski definition) is 5. The van der Waals surface area contributed by atoms with Gasteiger partial charge in [-0.2, -0.15) is 13.2 Å². The fourth-order valence-electron chi connectivity index (χ4n) is 2.47. The maximum atomic E-state index is 12.9. The van der Waals surface area contributed by atoms with Crippen LogP contribution in [0.5, 0.6) is 5.88 Å². The second-order valence-corrected chi connectivity index (χ2v) is 5.72. The van der Waals surface area contributed by atoms with Crippen molar-refractivity contribution in [3.8, 4) is 5.88 Å². The van der Waals surface area contributed by atoms with Crippen LogP contribution in [0, 0.1) is 0 Å². The van der Waals surface area contributed by atoms with Crippen molar-refractivity contribution in [1.29, 1.82) is 0 Å². The van der Waals surface area contributed by atoms with Gasteiger partial charge in [0.15, 0.2) is 0 Å². The smallest absolute Gasteiger partial charge is 0.416 e. The van der Waals surface area contributed by atoms with Crippen LogP contribution in [-0.2, 0) is 22.3 Å². The Balaban J connectivity index is 2.28. The summed E-state index contributed by atoms with van der Waals surface area (Å²) in [5.41, 5.74) is -0.247. The number of carbonyl (C=O) groups excluding carboxylic acids is 2. The van der Waals surface area contributed by atoms with Gasteiger partial charge in [-0.25, -0.2) is 4.98 Å². The van der Waals surface area contributed by atoms with E-state index in [9.17, 15) is 22.8 Å². The van der Waals surface area contributed by atoms with Crippen molar-refractivity contribution in [2.24, 2.45) is 0 Å². The first-order chi connectivity index (χ1) is 13.3. The summed E-state index contributed by atoms with van der Waals surface area (Å²) in [6, 6.07) is 7.39. The first kappa shape index (κ1) is 21.2. The van der Waals surface area contributed by atoms with Crippen LogP contribution in [0.4, 0.5) is 13.2 Å². The minimum atomic E-state index is -4.46. The fourth-order valence-corrected chi connectivity index (χ4v) is 2.47. The maximum absolute atomic E-state index is 12.9. The highest BCUT2D eigenvalue weighted by Gasteiger charge is 2.30. The Bertz CT molecular complexity index is 823. The Labute approximate surface area is 159 Å². The predicted octanol–water partition coefficient (Wildman–Crippen LogP) is 3.31. The summed E-state index contributed by atoms with van der Waals surface area (Å²) in [5.74, 6) is -1.11. The van der Waals surface area contributed by atoms with E-state index >= 15 is 0 Å². The van der Waals surface area contributed by atoms with E-state index in [0.29, 0.717) is 5.56 Å². The largest absolute Gasteiger partial charge is 0.480 e. The number of pyridine rings is 1. The van der Waals surface area contributed by atoms with Gasteiger partial charge in [-0.3, -0.25) is 9.59 Å². The normalized spacial score (nSPS) is 11.0. The number of benzene rings is 1. The topological polar surface area (TPSA) is 68.7 Å². The SMILES string of the molecule is CCOC(=O)CN(Cc1ccc(C(F)(F)F)cc1)C(=O)c1cccnc1OC. The van der Waals surface area contributed by atoms with Gasteiger partial charge in [0.1, 0.15) is 12.1 Å². The van der Waals surface area contributed by atoms with Gasteiger partial charge in [-0.05, 0) is 36.8 Å². The molecule has 0 radical (unpaired) electrons. The van der Waals surface area contributed by atoms with Crippen molar-refractivity contribution in [3.63, 3.8) is 0 Å². The van der Waals surface area contributed by atoms with Crippen LogP contribution in [0.25, 0.3) is 0 Å². The number of hydrogen-bond donors (Lipinski definition) is 0. The summed E-state index contributed by atoms with van der Waals surface area (Å²) < 4.78 is 48.1. The van der Waals surface area contributed by atoms with Crippen molar-refractivity contribution in [3.05, 3.63) is 59.3 Å². The lowest BCUT2D eigenvalue weighted by Gasteiger charge is -2.22. The van der Waals surface area contributed by atoms with Crippen molar-refractivity contribution in [2.75, 3.05) is 20.3 Å². The van der Waals surface area contributed by atoms with Crippen LogP contribution < -0.4 is 4.74 Å². The molecule has 0 fully saturated rings. The van der Waals surface area contributed by atoms with Crippen LogP contribution in [0.3, 0.4) is 0 Å². The molecule has 1 amide bonds. The van der Waals surface area contributed by atoms with E-state index in [1.807, 2.05) is 0 Å². The molecule has 2 aromatic rings. The second-order valence-electron chi connectivity index (χ2n) is 5.72. The molecule has 0 unspecified atom stereocenters. The van der Waals surface area contributed by atoms with E-state index in [1.165, 1.54) is 42.5 Å². The molecule has 0 saturated carbocycles. The van der Waals surface area contributed by atoms with Crippen molar-refractivity contribution in [1.82, 2.24) is 9.88 Å². The molecular formula is C19H19F3N2O4. The quantitative estimate of drug-likeness (QED) is 0.672. The first-order valence-electron chi connectivity index (χ1n) is 8.36. The van der Waals surface area contributed by atoms with E-state index in [0.717, 1.165) is 12.1 Å². The van der Waals surface area contributed by atoms with Crippen LogP contribution in [0.15, 0.2) is 42.6 Å². The highest BCUT2D eigenvalue weighted by Crippen LogP contribution is 2.29. The van der Waals surface area contributed by atoms with Gasteiger partial charge in [0.2, 0.25) is 5.88 Å². The Kier molecular flexibility index (Phi) is 6.97. The molecule has 0 bridgehead atoms. The van der Waals surface area contributed by atoms with Gasteiger partial charge in [-0.1, -0.05) is 12.1 Å². The molecule has 6 nitrogen and oxygen atoms in total. The summed E-state index contributed by atoms with van der Waals surface area (Å²) >= 11 is 0. The molecule has 1 aromatic heterocycles. The van der Waals surface area contributed by atoms with Gasteiger partial charge in [-0.15, -0.1) is 0 Å². The van der Waals surface area contributed by atoms with Gasteiger partial charge in [0, 0.05) is 12.7 Å². The van der Waals surface area contributed by atoms with Crippen molar-refractivity contribution < 1.29 is 32.2 Å². The Morgan fingerprint density at radius 2 is 1.82 bits per heavy atom. The molecule has 0 aliphatic heterocycles. The Morgan fingerprint density at radius 1 is 1.14 bits per heavy atom. The van der Waals surface area contributed by atoms with Gasteiger partial charge in [0.25, 0.3) is 5.91 Å². The number of methoxy groups -OCH3 is 1. The highest BCUT2D eigenvalue weighted by molar-refractivity contribution is 5.97. The zero-order valence-corrected chi connectivity index (χ0v) is 15.3. The van der Waals surface area contributed by atoms with Gasteiger partial charge in [0.05, 0.1) is 19.3 Å². The fraction of sp³-hybridized carbons (Fsp3) is 0.316. The highest BCUT2D eigenvalue weighted by atomic mass is 19.4. The number of amides is 1. The maximum Gasteiger partial charge on any atom is 0.416 e. The van der Waals surface area contributed by atoms with Crippen LogP contribution >= 0.6 is 0 Å². The lowest BCUT2D eigenvalue weighted by molar-refractivity contribution is -0.144. The van der Waals surface area contributed by atoms with Crippen LogP contribution in [0.1, 0.15) is 28.4 Å². The summed E-state index contributed by atoms with van der Waals surface area (Å²) in [6.45, 7) is 1.31. The summed E-state index contributed by atoms with van der Waals surface area (Å²) in [6.07, 6.45) is -3.01. The van der Waals surface area contributed by atoms with Crippen LogP contribution in [-0.4, -0.2) is 42.0 Å². The number of aromatic nitrogens is 1. The molecule has 1 heterocycles. The first-order valence-corrected chi connectivity index (χ1v) is 8.36. The van der Waals surface area contributed by atoms with E-state index in [1.54, 1.807) is 6.92 Å². The third-order valence-electron chi connectivity index (χ3n) is 3.76. The Morgan fingerprint density at radius 3 is 2.39 bits per heavy atom. The molecule has 150 valence electrons. The van der Waals surface area contributed by atoms with E-state index in [4.69, 9.17) is 9.47 Å². The average Bonchev–Trinajstić information content (AvgIpc) is 2.66. The minimum absolute atomic E-state index is 0.0776. The average molecular weight is 396 g/mol. The number of rotatable bonds is 7. The number of nitrogens with zero attached hydrogens (tertiary/aromatic N) is 2. The molecule has 0 N–H and O–H groups in total. The van der Waals surface area contributed by atoms with E-state index in [2.05, 4.69) is 4.98 Å². The number of alkyl halides is 3.